The first-order chi connectivity index (χ1) is 6.73. The molecule has 0 amide bonds. The summed E-state index contributed by atoms with van der Waals surface area (Å²) in [6, 6.07) is 0. The van der Waals surface area contributed by atoms with Crippen LogP contribution in [0.4, 0.5) is 0 Å². The summed E-state index contributed by atoms with van der Waals surface area (Å²) in [7, 11) is 0. The van der Waals surface area contributed by atoms with Crippen molar-refractivity contribution in [1.29, 1.82) is 0 Å². The molecule has 2 rings (SSSR count). The lowest BCUT2D eigenvalue weighted by molar-refractivity contribution is -0.118. The molecule has 1 unspecified atom stereocenters. The number of ketones is 1. The van der Waals surface area contributed by atoms with Crippen LogP contribution in [0.2, 0.25) is 0 Å². The molecule has 80 valence electrons. The molecule has 2 saturated carbocycles. The fourth-order valence-corrected chi connectivity index (χ4v) is 3.13. The topological polar surface area (TPSA) is 37.3 Å². The van der Waals surface area contributed by atoms with E-state index in [1.165, 1.54) is 32.1 Å². The molecule has 0 aliphatic heterocycles. The van der Waals surface area contributed by atoms with Crippen molar-refractivity contribution in [3.63, 3.8) is 0 Å². The van der Waals surface area contributed by atoms with E-state index >= 15 is 0 Å². The largest absolute Gasteiger partial charge is 0.392 e. The van der Waals surface area contributed by atoms with Gasteiger partial charge in [-0.25, -0.2) is 0 Å². The van der Waals surface area contributed by atoms with Gasteiger partial charge in [0, 0.05) is 18.3 Å². The van der Waals surface area contributed by atoms with Gasteiger partial charge >= 0.3 is 0 Å². The SMILES string of the molecule is O=C1CC(O)C2(CCCCCCC2)C1. The van der Waals surface area contributed by atoms with Gasteiger partial charge in [-0.1, -0.05) is 32.1 Å². The molecule has 2 aliphatic carbocycles. The van der Waals surface area contributed by atoms with E-state index in [9.17, 15) is 9.90 Å². The van der Waals surface area contributed by atoms with Gasteiger partial charge in [0.15, 0.2) is 0 Å². The predicted octanol–water partition coefficient (Wildman–Crippen LogP) is 2.44. The highest BCUT2D eigenvalue weighted by Crippen LogP contribution is 2.46. The molecule has 0 radical (unpaired) electrons. The van der Waals surface area contributed by atoms with E-state index in [0.29, 0.717) is 12.8 Å². The molecule has 2 heteroatoms. The molecule has 1 spiro atoms. The van der Waals surface area contributed by atoms with Gasteiger partial charge in [0.2, 0.25) is 0 Å². The molecule has 2 aliphatic rings. The summed E-state index contributed by atoms with van der Waals surface area (Å²) in [5.41, 5.74) is -0.0164. The summed E-state index contributed by atoms with van der Waals surface area (Å²) < 4.78 is 0. The smallest absolute Gasteiger partial charge is 0.136 e. The fraction of sp³-hybridized carbons (Fsp3) is 0.917. The Kier molecular flexibility index (Phi) is 2.91. The molecular formula is C12H20O2. The second kappa shape index (κ2) is 4.01. The van der Waals surface area contributed by atoms with Crippen LogP contribution in [-0.2, 0) is 4.79 Å². The quantitative estimate of drug-likeness (QED) is 0.646. The molecular weight excluding hydrogens is 176 g/mol. The molecule has 1 atom stereocenters. The van der Waals surface area contributed by atoms with Crippen LogP contribution in [0.3, 0.4) is 0 Å². The van der Waals surface area contributed by atoms with Crippen molar-refractivity contribution in [2.75, 3.05) is 0 Å². The number of hydrogen-bond acceptors (Lipinski definition) is 2. The standard InChI is InChI=1S/C12H20O2/c13-10-8-11(14)12(9-10)6-4-2-1-3-5-7-12/h11,14H,1-9H2. The number of aliphatic hydroxyl groups excluding tert-OH is 1. The third kappa shape index (κ3) is 1.85. The van der Waals surface area contributed by atoms with Crippen LogP contribution in [0, 0.1) is 5.41 Å². The summed E-state index contributed by atoms with van der Waals surface area (Å²) >= 11 is 0. The summed E-state index contributed by atoms with van der Waals surface area (Å²) in [5.74, 6) is 0.276. The number of hydrogen-bond donors (Lipinski definition) is 1. The van der Waals surface area contributed by atoms with E-state index in [1.54, 1.807) is 0 Å². The average molecular weight is 196 g/mol. The first-order valence-electron chi connectivity index (χ1n) is 5.93. The van der Waals surface area contributed by atoms with Crippen molar-refractivity contribution in [2.45, 2.75) is 63.9 Å². The van der Waals surface area contributed by atoms with E-state index in [-0.39, 0.29) is 17.3 Å². The minimum absolute atomic E-state index is 0.0164. The van der Waals surface area contributed by atoms with Crippen molar-refractivity contribution in [1.82, 2.24) is 0 Å². The number of carbonyl (C=O) groups is 1. The predicted molar refractivity (Wildman–Crippen MR) is 55.0 cm³/mol. The van der Waals surface area contributed by atoms with Crippen LogP contribution in [-0.4, -0.2) is 17.0 Å². The van der Waals surface area contributed by atoms with Crippen LogP contribution in [0.1, 0.15) is 57.8 Å². The van der Waals surface area contributed by atoms with E-state index in [0.717, 1.165) is 12.8 Å². The van der Waals surface area contributed by atoms with Crippen molar-refractivity contribution >= 4 is 5.78 Å². The van der Waals surface area contributed by atoms with Gasteiger partial charge in [-0.3, -0.25) is 4.79 Å². The number of carbonyl (C=O) groups excluding carboxylic acids is 1. The van der Waals surface area contributed by atoms with E-state index < -0.39 is 0 Å². The zero-order valence-corrected chi connectivity index (χ0v) is 8.80. The minimum atomic E-state index is -0.340. The van der Waals surface area contributed by atoms with Crippen LogP contribution in [0.15, 0.2) is 0 Å². The third-order valence-electron chi connectivity index (χ3n) is 4.03. The molecule has 0 aromatic carbocycles. The Hall–Kier alpha value is -0.370. The highest BCUT2D eigenvalue weighted by molar-refractivity contribution is 5.82. The number of Topliss-reactive ketones (excluding diaryl/α,β-unsaturated/α-hetero) is 1. The monoisotopic (exact) mass is 196 g/mol. The van der Waals surface area contributed by atoms with Crippen molar-refractivity contribution in [3.05, 3.63) is 0 Å². The molecule has 0 aromatic heterocycles. The minimum Gasteiger partial charge on any atom is -0.392 e. The van der Waals surface area contributed by atoms with Gasteiger partial charge in [-0.2, -0.15) is 0 Å². The molecule has 0 heterocycles. The summed E-state index contributed by atoms with van der Waals surface area (Å²) in [6.07, 6.45) is 9.15. The molecule has 2 fully saturated rings. The van der Waals surface area contributed by atoms with Gasteiger partial charge < -0.3 is 5.11 Å². The fourth-order valence-electron chi connectivity index (χ4n) is 3.13. The molecule has 14 heavy (non-hydrogen) atoms. The van der Waals surface area contributed by atoms with Crippen LogP contribution in [0.25, 0.3) is 0 Å². The summed E-state index contributed by atoms with van der Waals surface area (Å²) in [4.78, 5) is 11.4. The number of rotatable bonds is 0. The van der Waals surface area contributed by atoms with E-state index in [4.69, 9.17) is 0 Å². The Labute approximate surface area is 85.7 Å². The number of aliphatic hydroxyl groups is 1. The van der Waals surface area contributed by atoms with Crippen molar-refractivity contribution in [2.24, 2.45) is 5.41 Å². The van der Waals surface area contributed by atoms with E-state index in [2.05, 4.69) is 0 Å². The lowest BCUT2D eigenvalue weighted by Crippen LogP contribution is -2.30. The molecule has 2 nitrogen and oxygen atoms in total. The zero-order chi connectivity index (χ0) is 10.0. The molecule has 0 aromatic rings. The zero-order valence-electron chi connectivity index (χ0n) is 8.80. The maximum Gasteiger partial charge on any atom is 0.136 e. The molecule has 0 bridgehead atoms. The Morgan fingerprint density at radius 3 is 2.14 bits per heavy atom. The maximum atomic E-state index is 11.4. The first-order valence-corrected chi connectivity index (χ1v) is 5.93. The normalized spacial score (nSPS) is 32.9. The summed E-state index contributed by atoms with van der Waals surface area (Å²) in [5, 5.41) is 9.97. The van der Waals surface area contributed by atoms with Gasteiger partial charge in [0.25, 0.3) is 0 Å². The second-order valence-electron chi connectivity index (χ2n) is 5.07. The lowest BCUT2D eigenvalue weighted by Gasteiger charge is -2.33. The highest BCUT2D eigenvalue weighted by Gasteiger charge is 2.45. The van der Waals surface area contributed by atoms with Crippen molar-refractivity contribution in [3.8, 4) is 0 Å². The summed E-state index contributed by atoms with van der Waals surface area (Å²) in [6.45, 7) is 0. The van der Waals surface area contributed by atoms with Crippen molar-refractivity contribution < 1.29 is 9.90 Å². The van der Waals surface area contributed by atoms with Crippen LogP contribution < -0.4 is 0 Å². The highest BCUT2D eigenvalue weighted by atomic mass is 16.3. The Bertz CT molecular complexity index is 214. The Morgan fingerprint density at radius 2 is 1.64 bits per heavy atom. The van der Waals surface area contributed by atoms with Crippen LogP contribution >= 0.6 is 0 Å². The van der Waals surface area contributed by atoms with Gasteiger partial charge in [-0.05, 0) is 12.8 Å². The Morgan fingerprint density at radius 1 is 1.07 bits per heavy atom. The average Bonchev–Trinajstić information content (AvgIpc) is 2.36. The van der Waals surface area contributed by atoms with Gasteiger partial charge in [-0.15, -0.1) is 0 Å². The Balaban J connectivity index is 2.07. The lowest BCUT2D eigenvalue weighted by atomic mass is 9.73. The van der Waals surface area contributed by atoms with Crippen LogP contribution in [0.5, 0.6) is 0 Å². The molecule has 0 saturated heterocycles. The molecule has 1 N–H and O–H groups in total. The first kappa shape index (κ1) is 10.2. The van der Waals surface area contributed by atoms with Gasteiger partial charge in [0.1, 0.15) is 5.78 Å². The third-order valence-corrected chi connectivity index (χ3v) is 4.03. The second-order valence-corrected chi connectivity index (χ2v) is 5.07. The van der Waals surface area contributed by atoms with Gasteiger partial charge in [0.05, 0.1) is 6.10 Å². The maximum absolute atomic E-state index is 11.4. The van der Waals surface area contributed by atoms with E-state index in [1.807, 2.05) is 0 Å².